The molecule has 1 aliphatic heterocycles. The number of aliphatic hydroxyl groups is 1. The van der Waals surface area contributed by atoms with E-state index in [9.17, 15) is 14.7 Å². The zero-order chi connectivity index (χ0) is 18.1. The zero-order valence-electron chi connectivity index (χ0n) is 15.0. The minimum atomic E-state index is -0.700. The largest absolute Gasteiger partial charge is 0.503 e. The van der Waals surface area contributed by atoms with Crippen LogP contribution >= 0.6 is 0 Å². The highest BCUT2D eigenvalue weighted by molar-refractivity contribution is 6.10. The molecular formula is C18H26N2O4. The molecule has 0 saturated carbocycles. The first kappa shape index (κ1) is 18.3. The zero-order valence-corrected chi connectivity index (χ0v) is 15.0. The fraction of sp³-hybridized carbons (Fsp3) is 0.556. The van der Waals surface area contributed by atoms with Gasteiger partial charge in [0.1, 0.15) is 11.8 Å². The van der Waals surface area contributed by atoms with Crippen LogP contribution in [0.4, 0.5) is 0 Å². The summed E-state index contributed by atoms with van der Waals surface area (Å²) in [5, 5.41) is 10.4. The van der Waals surface area contributed by atoms with Crippen LogP contribution in [0.2, 0.25) is 0 Å². The van der Waals surface area contributed by atoms with Gasteiger partial charge in [0.2, 0.25) is 0 Å². The van der Waals surface area contributed by atoms with Gasteiger partial charge in [-0.2, -0.15) is 0 Å². The molecule has 0 aromatic carbocycles. The lowest BCUT2D eigenvalue weighted by Crippen LogP contribution is -2.34. The maximum Gasteiger partial charge on any atom is 0.290 e. The Balaban J connectivity index is 2.37. The molecule has 132 valence electrons. The van der Waals surface area contributed by atoms with Gasteiger partial charge in [0, 0.05) is 12.0 Å². The second-order valence-electron chi connectivity index (χ2n) is 7.41. The second kappa shape index (κ2) is 6.81. The van der Waals surface area contributed by atoms with E-state index in [1.165, 1.54) is 11.2 Å². The molecule has 0 spiro atoms. The molecule has 0 aliphatic carbocycles. The lowest BCUT2D eigenvalue weighted by atomic mass is 9.83. The van der Waals surface area contributed by atoms with E-state index in [1.54, 1.807) is 32.9 Å². The molecule has 1 aliphatic rings. The number of carbonyl (C=O) groups excluding carboxylic acids is 2. The Morgan fingerprint density at radius 3 is 2.54 bits per heavy atom. The third kappa shape index (κ3) is 3.53. The summed E-state index contributed by atoms with van der Waals surface area (Å²) in [4.78, 5) is 28.9. The van der Waals surface area contributed by atoms with Crippen molar-refractivity contribution >= 4 is 11.7 Å². The first-order chi connectivity index (χ1) is 11.1. The third-order valence-corrected chi connectivity index (χ3v) is 4.05. The number of aliphatic hydroxyl groups excluding tert-OH is 1. The van der Waals surface area contributed by atoms with Crippen molar-refractivity contribution in [3.63, 3.8) is 0 Å². The first-order valence-corrected chi connectivity index (χ1v) is 8.11. The van der Waals surface area contributed by atoms with Crippen LogP contribution < -0.4 is 0 Å². The summed E-state index contributed by atoms with van der Waals surface area (Å²) in [5.74, 6) is -0.723. The quantitative estimate of drug-likeness (QED) is 0.865. The molecule has 24 heavy (non-hydrogen) atoms. The molecule has 0 fully saturated rings. The molecule has 1 aromatic heterocycles. The van der Waals surface area contributed by atoms with E-state index in [2.05, 4.69) is 0 Å². The number of Topliss-reactive ketones (excluding diaryl/α,β-unsaturated/α-hetero) is 1. The number of hydrogen-bond donors (Lipinski definition) is 1. The van der Waals surface area contributed by atoms with Crippen molar-refractivity contribution in [2.24, 2.45) is 5.41 Å². The third-order valence-electron chi connectivity index (χ3n) is 4.05. The second-order valence-corrected chi connectivity index (χ2v) is 7.41. The lowest BCUT2D eigenvalue weighted by molar-refractivity contribution is -0.129. The van der Waals surface area contributed by atoms with E-state index >= 15 is 0 Å². The standard InChI is InChI=1S/C18H26N2O4/c1-18(2,3)16(22)13-14(12-8-6-11-24-12)20(17(23)15(13)21)10-7-9-19(4)5/h6,8,11,14,21H,7,9-10H2,1-5H3. The topological polar surface area (TPSA) is 74.0 Å². The normalized spacial score (nSPS) is 18.8. The van der Waals surface area contributed by atoms with E-state index in [0.717, 1.165) is 13.0 Å². The van der Waals surface area contributed by atoms with Gasteiger partial charge < -0.3 is 19.3 Å². The summed E-state index contributed by atoms with van der Waals surface area (Å²) in [6, 6.07) is 2.78. The maximum atomic E-state index is 12.8. The molecular weight excluding hydrogens is 308 g/mol. The van der Waals surface area contributed by atoms with Crippen LogP contribution in [0.25, 0.3) is 0 Å². The Morgan fingerprint density at radius 1 is 1.38 bits per heavy atom. The van der Waals surface area contributed by atoms with E-state index < -0.39 is 23.1 Å². The monoisotopic (exact) mass is 334 g/mol. The summed E-state index contributed by atoms with van der Waals surface area (Å²) >= 11 is 0. The Kier molecular flexibility index (Phi) is 5.18. The Labute approximate surface area is 142 Å². The molecule has 1 unspecified atom stereocenters. The average molecular weight is 334 g/mol. The Hall–Kier alpha value is -2.08. The van der Waals surface area contributed by atoms with E-state index in [0.29, 0.717) is 12.3 Å². The van der Waals surface area contributed by atoms with Gasteiger partial charge in [0.15, 0.2) is 11.5 Å². The van der Waals surface area contributed by atoms with Gasteiger partial charge in [-0.15, -0.1) is 0 Å². The summed E-state index contributed by atoms with van der Waals surface area (Å²) in [7, 11) is 3.92. The molecule has 2 rings (SSSR count). The molecule has 2 heterocycles. The van der Waals surface area contributed by atoms with Crippen molar-refractivity contribution in [2.45, 2.75) is 33.2 Å². The minimum absolute atomic E-state index is 0.132. The Bertz CT molecular complexity index is 638. The molecule has 0 saturated heterocycles. The van der Waals surface area contributed by atoms with Gasteiger partial charge in [0.25, 0.3) is 5.91 Å². The fourth-order valence-corrected chi connectivity index (χ4v) is 2.82. The summed E-state index contributed by atoms with van der Waals surface area (Å²) < 4.78 is 5.46. The lowest BCUT2D eigenvalue weighted by Gasteiger charge is -2.27. The van der Waals surface area contributed by atoms with Crippen LogP contribution in [-0.4, -0.2) is 53.8 Å². The van der Waals surface area contributed by atoms with Gasteiger partial charge >= 0.3 is 0 Å². The van der Waals surface area contributed by atoms with Crippen molar-refractivity contribution in [1.82, 2.24) is 9.80 Å². The van der Waals surface area contributed by atoms with Crippen molar-refractivity contribution in [1.29, 1.82) is 0 Å². The van der Waals surface area contributed by atoms with Crippen LogP contribution in [0.15, 0.2) is 34.1 Å². The number of furan rings is 1. The number of carbonyl (C=O) groups is 2. The maximum absolute atomic E-state index is 12.8. The smallest absolute Gasteiger partial charge is 0.290 e. The molecule has 1 amide bonds. The van der Waals surface area contributed by atoms with Gasteiger partial charge in [-0.25, -0.2) is 0 Å². The summed E-state index contributed by atoms with van der Waals surface area (Å²) in [6.07, 6.45) is 2.24. The van der Waals surface area contributed by atoms with Crippen molar-refractivity contribution in [3.05, 3.63) is 35.5 Å². The molecule has 1 aromatic rings. The van der Waals surface area contributed by atoms with Crippen molar-refractivity contribution in [3.8, 4) is 0 Å². The van der Waals surface area contributed by atoms with Gasteiger partial charge in [-0.3, -0.25) is 9.59 Å². The predicted molar refractivity (Wildman–Crippen MR) is 90.4 cm³/mol. The highest BCUT2D eigenvalue weighted by atomic mass is 16.3. The number of amides is 1. The SMILES string of the molecule is CN(C)CCCN1C(=O)C(O)=C(C(=O)C(C)(C)C)C1c1ccco1. The van der Waals surface area contributed by atoms with Crippen molar-refractivity contribution in [2.75, 3.05) is 27.2 Å². The highest BCUT2D eigenvalue weighted by Gasteiger charge is 2.46. The average Bonchev–Trinajstić information content (AvgIpc) is 3.07. The number of nitrogens with zero attached hydrogens (tertiary/aromatic N) is 2. The van der Waals surface area contributed by atoms with Crippen LogP contribution in [0.1, 0.15) is 39.0 Å². The Morgan fingerprint density at radius 2 is 2.04 bits per heavy atom. The molecule has 6 heteroatoms. The predicted octanol–water partition coefficient (Wildman–Crippen LogP) is 2.54. The van der Waals surface area contributed by atoms with Crippen LogP contribution in [0.3, 0.4) is 0 Å². The van der Waals surface area contributed by atoms with E-state index in [4.69, 9.17) is 4.42 Å². The molecule has 1 atom stereocenters. The number of rotatable bonds is 6. The van der Waals surface area contributed by atoms with E-state index in [-0.39, 0.29) is 11.4 Å². The summed E-state index contributed by atoms with van der Waals surface area (Å²) in [6.45, 7) is 6.56. The molecule has 0 bridgehead atoms. The van der Waals surface area contributed by atoms with Crippen LogP contribution in [0.5, 0.6) is 0 Å². The molecule has 1 N–H and O–H groups in total. The first-order valence-electron chi connectivity index (χ1n) is 8.11. The molecule has 6 nitrogen and oxygen atoms in total. The van der Waals surface area contributed by atoms with Gasteiger partial charge in [0.05, 0.1) is 11.8 Å². The fourth-order valence-electron chi connectivity index (χ4n) is 2.82. The minimum Gasteiger partial charge on any atom is -0.503 e. The van der Waals surface area contributed by atoms with Crippen molar-refractivity contribution < 1.29 is 19.1 Å². The van der Waals surface area contributed by atoms with Gasteiger partial charge in [-0.05, 0) is 39.2 Å². The molecule has 0 radical (unpaired) electrons. The van der Waals surface area contributed by atoms with Gasteiger partial charge in [-0.1, -0.05) is 20.8 Å². The van der Waals surface area contributed by atoms with Crippen LogP contribution in [0, 0.1) is 5.41 Å². The number of hydrogen-bond acceptors (Lipinski definition) is 5. The highest BCUT2D eigenvalue weighted by Crippen LogP contribution is 2.40. The summed E-state index contributed by atoms with van der Waals surface area (Å²) in [5.41, 5.74) is -0.569. The van der Waals surface area contributed by atoms with E-state index in [1.807, 2.05) is 19.0 Å². The number of ketones is 1. The van der Waals surface area contributed by atoms with Crippen LogP contribution in [-0.2, 0) is 9.59 Å².